The lowest BCUT2D eigenvalue weighted by Gasteiger charge is -2.05. The van der Waals surface area contributed by atoms with E-state index in [1.807, 2.05) is 36.4 Å². The standard InChI is InChI=1S/C14H10O3S.C4H6O/c15-18(16,17)14-7-3-6-12-8-10-4-1-2-5-11(10)9-13(12)14;1-3-5-4-2/h1-9H,(H,15,16,17);3-4H,1-2H2. The minimum absolute atomic E-state index is 0.0502. The molecule has 3 aromatic rings. The minimum Gasteiger partial charge on any atom is -0.474 e. The van der Waals surface area contributed by atoms with Crippen LogP contribution in [0.1, 0.15) is 0 Å². The SMILES string of the molecule is C=COC=C.O=S(=O)(O)c1cccc2cc3ccccc3cc12. The summed E-state index contributed by atoms with van der Waals surface area (Å²) in [5, 5.41) is 3.32. The zero-order chi connectivity index (χ0) is 16.9. The van der Waals surface area contributed by atoms with Gasteiger partial charge < -0.3 is 4.74 Å². The van der Waals surface area contributed by atoms with Crippen LogP contribution in [-0.2, 0) is 14.9 Å². The molecule has 0 heterocycles. The van der Waals surface area contributed by atoms with Crippen molar-refractivity contribution in [2.45, 2.75) is 4.90 Å². The van der Waals surface area contributed by atoms with E-state index in [2.05, 4.69) is 17.9 Å². The molecule has 5 heteroatoms. The van der Waals surface area contributed by atoms with Gasteiger partial charge in [0.15, 0.2) is 0 Å². The molecule has 0 spiro atoms. The van der Waals surface area contributed by atoms with E-state index in [1.54, 1.807) is 12.1 Å². The van der Waals surface area contributed by atoms with Gasteiger partial charge in [-0.25, -0.2) is 0 Å². The molecule has 0 aromatic heterocycles. The normalized spacial score (nSPS) is 10.7. The Kier molecular flexibility index (Phi) is 5.16. The monoisotopic (exact) mass is 328 g/mol. The summed E-state index contributed by atoms with van der Waals surface area (Å²) in [5.74, 6) is 0. The molecule has 1 N–H and O–H groups in total. The van der Waals surface area contributed by atoms with Gasteiger partial charge in [0.1, 0.15) is 4.90 Å². The minimum atomic E-state index is -4.20. The summed E-state index contributed by atoms with van der Waals surface area (Å²) in [6, 6.07) is 16.3. The molecule has 0 aliphatic rings. The third-order valence-corrected chi connectivity index (χ3v) is 4.09. The number of hydrogen-bond acceptors (Lipinski definition) is 3. The second-order valence-electron chi connectivity index (χ2n) is 4.62. The topological polar surface area (TPSA) is 63.6 Å². The van der Waals surface area contributed by atoms with E-state index in [0.717, 1.165) is 16.2 Å². The van der Waals surface area contributed by atoms with Gasteiger partial charge in [-0.2, -0.15) is 8.42 Å². The van der Waals surface area contributed by atoms with Gasteiger partial charge in [0, 0.05) is 5.39 Å². The molecule has 0 fully saturated rings. The molecule has 3 rings (SSSR count). The van der Waals surface area contributed by atoms with Gasteiger partial charge in [0.25, 0.3) is 10.1 Å². The van der Waals surface area contributed by atoms with E-state index in [9.17, 15) is 13.0 Å². The Labute approximate surface area is 135 Å². The average Bonchev–Trinajstić information content (AvgIpc) is 2.52. The van der Waals surface area contributed by atoms with Crippen LogP contribution < -0.4 is 0 Å². The Hall–Kier alpha value is -2.63. The lowest BCUT2D eigenvalue weighted by atomic mass is 10.0. The van der Waals surface area contributed by atoms with E-state index in [0.29, 0.717) is 5.39 Å². The van der Waals surface area contributed by atoms with Crippen molar-refractivity contribution in [2.75, 3.05) is 0 Å². The number of hydrogen-bond donors (Lipinski definition) is 1. The van der Waals surface area contributed by atoms with Crippen molar-refractivity contribution in [3.8, 4) is 0 Å². The van der Waals surface area contributed by atoms with Gasteiger partial charge in [-0.15, -0.1) is 0 Å². The molecular formula is C18H16O4S. The third kappa shape index (κ3) is 3.97. The Morgan fingerprint density at radius 2 is 1.43 bits per heavy atom. The van der Waals surface area contributed by atoms with Crippen LogP contribution in [0, 0.1) is 0 Å². The van der Waals surface area contributed by atoms with Crippen LogP contribution in [0.15, 0.2) is 85.2 Å². The Morgan fingerprint density at radius 1 is 0.870 bits per heavy atom. The average molecular weight is 328 g/mol. The first kappa shape index (κ1) is 16.7. The highest BCUT2D eigenvalue weighted by molar-refractivity contribution is 7.86. The summed E-state index contributed by atoms with van der Waals surface area (Å²) < 4.78 is 36.3. The molecule has 23 heavy (non-hydrogen) atoms. The van der Waals surface area contributed by atoms with Crippen LogP contribution in [0.25, 0.3) is 21.5 Å². The number of ether oxygens (including phenoxy) is 1. The summed E-state index contributed by atoms with van der Waals surface area (Å²) in [6.45, 7) is 6.51. The summed E-state index contributed by atoms with van der Waals surface area (Å²) in [7, 11) is -4.20. The van der Waals surface area contributed by atoms with Crippen LogP contribution in [0.2, 0.25) is 0 Å². The maximum Gasteiger partial charge on any atom is 0.295 e. The third-order valence-electron chi connectivity index (χ3n) is 3.18. The van der Waals surface area contributed by atoms with Gasteiger partial charge in [0.05, 0.1) is 12.5 Å². The Balaban J connectivity index is 0.000000338. The molecule has 0 saturated carbocycles. The fourth-order valence-electron chi connectivity index (χ4n) is 2.23. The van der Waals surface area contributed by atoms with Crippen LogP contribution in [0.4, 0.5) is 0 Å². The van der Waals surface area contributed by atoms with E-state index in [1.165, 1.54) is 18.6 Å². The largest absolute Gasteiger partial charge is 0.474 e. The fourth-order valence-corrected chi connectivity index (χ4v) is 2.94. The molecule has 0 atom stereocenters. The number of rotatable bonds is 3. The molecule has 3 aromatic carbocycles. The molecule has 0 saturated heterocycles. The molecule has 4 nitrogen and oxygen atoms in total. The van der Waals surface area contributed by atoms with Crippen molar-refractivity contribution < 1.29 is 17.7 Å². The first-order chi connectivity index (χ1) is 11.0. The van der Waals surface area contributed by atoms with Crippen LogP contribution in [-0.4, -0.2) is 13.0 Å². The first-order valence-corrected chi connectivity index (χ1v) is 8.17. The molecular weight excluding hydrogens is 312 g/mol. The highest BCUT2D eigenvalue weighted by atomic mass is 32.2. The van der Waals surface area contributed by atoms with Gasteiger partial charge in [-0.3, -0.25) is 4.55 Å². The van der Waals surface area contributed by atoms with E-state index >= 15 is 0 Å². The predicted octanol–water partition coefficient (Wildman–Crippen LogP) is 4.53. The zero-order valence-electron chi connectivity index (χ0n) is 12.3. The molecule has 0 unspecified atom stereocenters. The quantitative estimate of drug-likeness (QED) is 0.436. The van der Waals surface area contributed by atoms with E-state index < -0.39 is 10.1 Å². The Morgan fingerprint density at radius 3 is 1.96 bits per heavy atom. The number of benzene rings is 3. The molecule has 0 aliphatic carbocycles. The molecule has 0 bridgehead atoms. The van der Waals surface area contributed by atoms with Gasteiger partial charge in [-0.05, 0) is 34.4 Å². The Bertz CT molecular complexity index is 953. The van der Waals surface area contributed by atoms with Gasteiger partial charge in [-0.1, -0.05) is 49.6 Å². The lowest BCUT2D eigenvalue weighted by molar-refractivity contribution is 0.406. The maximum atomic E-state index is 11.3. The predicted molar refractivity (Wildman–Crippen MR) is 92.7 cm³/mol. The lowest BCUT2D eigenvalue weighted by Crippen LogP contribution is -1.98. The summed E-state index contributed by atoms with van der Waals surface area (Å²) in [5.41, 5.74) is 0. The van der Waals surface area contributed by atoms with Crippen LogP contribution in [0.3, 0.4) is 0 Å². The number of fused-ring (bicyclic) bond motifs is 2. The zero-order valence-corrected chi connectivity index (χ0v) is 13.2. The summed E-state index contributed by atoms with van der Waals surface area (Å²) >= 11 is 0. The first-order valence-electron chi connectivity index (χ1n) is 6.73. The molecule has 0 radical (unpaired) electrons. The molecule has 118 valence electrons. The van der Waals surface area contributed by atoms with E-state index in [4.69, 9.17) is 0 Å². The van der Waals surface area contributed by atoms with Crippen molar-refractivity contribution in [2.24, 2.45) is 0 Å². The fraction of sp³-hybridized carbons (Fsp3) is 0. The van der Waals surface area contributed by atoms with Gasteiger partial charge >= 0.3 is 0 Å². The summed E-state index contributed by atoms with van der Waals surface area (Å²) in [6.07, 6.45) is 2.62. The van der Waals surface area contributed by atoms with Crippen LogP contribution >= 0.6 is 0 Å². The van der Waals surface area contributed by atoms with Crippen molar-refractivity contribution in [1.82, 2.24) is 0 Å². The van der Waals surface area contributed by atoms with Crippen molar-refractivity contribution in [3.05, 3.63) is 80.3 Å². The van der Waals surface area contributed by atoms with Crippen LogP contribution in [0.5, 0.6) is 0 Å². The summed E-state index contributed by atoms with van der Waals surface area (Å²) in [4.78, 5) is -0.0502. The van der Waals surface area contributed by atoms with E-state index in [-0.39, 0.29) is 4.90 Å². The highest BCUT2D eigenvalue weighted by Gasteiger charge is 2.13. The highest BCUT2D eigenvalue weighted by Crippen LogP contribution is 2.27. The van der Waals surface area contributed by atoms with Crippen molar-refractivity contribution in [1.29, 1.82) is 0 Å². The van der Waals surface area contributed by atoms with Gasteiger partial charge in [0.2, 0.25) is 0 Å². The molecule has 0 aliphatic heterocycles. The smallest absolute Gasteiger partial charge is 0.295 e. The second-order valence-corrected chi connectivity index (χ2v) is 6.01. The maximum absolute atomic E-state index is 11.3. The van der Waals surface area contributed by atoms with Crippen molar-refractivity contribution in [3.63, 3.8) is 0 Å². The molecule has 0 amide bonds. The van der Waals surface area contributed by atoms with Crippen molar-refractivity contribution >= 4 is 31.7 Å². The second kappa shape index (κ2) is 7.09.